The normalized spacial score (nSPS) is 13.3. The molecule has 17 heavy (non-hydrogen) atoms. The van der Waals surface area contributed by atoms with Crippen molar-refractivity contribution in [1.82, 2.24) is 0 Å². The molecule has 4 N–H and O–H groups in total. The highest BCUT2D eigenvalue weighted by molar-refractivity contribution is 7.92. The van der Waals surface area contributed by atoms with Crippen molar-refractivity contribution in [1.29, 1.82) is 0 Å². The second-order valence-corrected chi connectivity index (χ2v) is 5.58. The lowest BCUT2D eigenvalue weighted by Crippen LogP contribution is -2.32. The third kappa shape index (κ3) is 2.99. The quantitative estimate of drug-likeness (QED) is 0.565. The molecule has 1 atom stereocenters. The molecule has 8 heteroatoms. The number of nitro benzene ring substituents is 1. The highest BCUT2D eigenvalue weighted by atomic mass is 32.2. The number of nitrogens with zero attached hydrogens (tertiary/aromatic N) is 1. The zero-order valence-electron chi connectivity index (χ0n) is 8.94. The molecule has 0 aliphatic heterocycles. The van der Waals surface area contributed by atoms with Gasteiger partial charge in [0.05, 0.1) is 9.82 Å². The largest absolute Gasteiger partial charge is 0.330 e. The third-order valence-corrected chi connectivity index (χ3v) is 4.19. The molecule has 1 rings (SSSR count). The summed E-state index contributed by atoms with van der Waals surface area (Å²) in [6.07, 6.45) is 0.138. The summed E-state index contributed by atoms with van der Waals surface area (Å²) in [6.45, 7) is 0.160. The van der Waals surface area contributed by atoms with E-state index >= 15 is 0 Å². The van der Waals surface area contributed by atoms with Crippen LogP contribution in [0.2, 0.25) is 0 Å². The van der Waals surface area contributed by atoms with Crippen LogP contribution in [0.1, 0.15) is 6.42 Å². The smallest absolute Gasteiger partial charge is 0.269 e. The maximum absolute atomic E-state index is 11.9. The van der Waals surface area contributed by atoms with Crippen LogP contribution in [0.3, 0.4) is 0 Å². The molecule has 0 radical (unpaired) electrons. The van der Waals surface area contributed by atoms with Crippen LogP contribution in [0.25, 0.3) is 0 Å². The van der Waals surface area contributed by atoms with Gasteiger partial charge in [0.1, 0.15) is 5.37 Å². The van der Waals surface area contributed by atoms with Gasteiger partial charge in [-0.15, -0.1) is 0 Å². The lowest BCUT2D eigenvalue weighted by molar-refractivity contribution is -0.384. The van der Waals surface area contributed by atoms with E-state index < -0.39 is 20.1 Å². The topological polar surface area (TPSA) is 129 Å². The molecular formula is C9H13N3O4S. The number of hydrogen-bond donors (Lipinski definition) is 2. The standard InChI is InChI=1S/C9H13N3O4S/c10-6-5-9(11)17(15,16)8-3-1-7(2-4-8)12(13)14/h1-4,9H,5-6,10-11H2. The molecule has 0 aliphatic carbocycles. The van der Waals surface area contributed by atoms with Gasteiger partial charge in [-0.25, -0.2) is 8.42 Å². The van der Waals surface area contributed by atoms with Gasteiger partial charge in [0.25, 0.3) is 5.69 Å². The van der Waals surface area contributed by atoms with Crippen molar-refractivity contribution in [3.63, 3.8) is 0 Å². The summed E-state index contributed by atoms with van der Waals surface area (Å²) in [6, 6.07) is 4.60. The first-order valence-corrected chi connectivity index (χ1v) is 6.38. The van der Waals surface area contributed by atoms with E-state index in [2.05, 4.69) is 0 Å². The lowest BCUT2D eigenvalue weighted by atomic mass is 10.3. The summed E-state index contributed by atoms with van der Waals surface area (Å²) in [4.78, 5) is 9.77. The van der Waals surface area contributed by atoms with Crippen molar-refractivity contribution in [2.24, 2.45) is 11.5 Å². The van der Waals surface area contributed by atoms with Crippen LogP contribution in [-0.2, 0) is 9.84 Å². The van der Waals surface area contributed by atoms with Crippen LogP contribution >= 0.6 is 0 Å². The summed E-state index contributed by atoms with van der Waals surface area (Å²) in [5.41, 5.74) is 10.6. The van der Waals surface area contributed by atoms with Crippen molar-refractivity contribution in [2.75, 3.05) is 6.54 Å². The molecule has 0 saturated carbocycles. The molecule has 1 aromatic carbocycles. The second kappa shape index (κ2) is 5.21. The van der Waals surface area contributed by atoms with Gasteiger partial charge in [-0.2, -0.15) is 0 Å². The van der Waals surface area contributed by atoms with Crippen LogP contribution in [-0.4, -0.2) is 25.3 Å². The van der Waals surface area contributed by atoms with E-state index in [1.165, 1.54) is 12.1 Å². The fourth-order valence-corrected chi connectivity index (χ4v) is 2.56. The van der Waals surface area contributed by atoms with E-state index in [-0.39, 0.29) is 23.5 Å². The average molecular weight is 259 g/mol. The Balaban J connectivity index is 3.04. The van der Waals surface area contributed by atoms with Crippen LogP contribution in [0.15, 0.2) is 29.2 Å². The molecule has 94 valence electrons. The Hall–Kier alpha value is -1.51. The first kappa shape index (κ1) is 13.6. The molecule has 7 nitrogen and oxygen atoms in total. The SMILES string of the molecule is NCCC(N)S(=O)(=O)c1ccc([N+](=O)[O-])cc1. The van der Waals surface area contributed by atoms with E-state index in [1.54, 1.807) is 0 Å². The van der Waals surface area contributed by atoms with E-state index in [9.17, 15) is 18.5 Å². The molecule has 1 unspecified atom stereocenters. The zero-order chi connectivity index (χ0) is 13.1. The number of hydrogen-bond acceptors (Lipinski definition) is 6. The summed E-state index contributed by atoms with van der Waals surface area (Å²) in [5.74, 6) is 0. The maximum atomic E-state index is 11.9. The Labute approximate surface area is 98.5 Å². The van der Waals surface area contributed by atoms with Crippen LogP contribution in [0, 0.1) is 10.1 Å². The fraction of sp³-hybridized carbons (Fsp3) is 0.333. The summed E-state index contributed by atoms with van der Waals surface area (Å²) in [5, 5.41) is 9.32. The number of sulfone groups is 1. The molecule has 0 aromatic heterocycles. The summed E-state index contributed by atoms with van der Waals surface area (Å²) < 4.78 is 23.7. The highest BCUT2D eigenvalue weighted by Gasteiger charge is 2.23. The van der Waals surface area contributed by atoms with E-state index in [0.717, 1.165) is 12.1 Å². The first-order valence-electron chi connectivity index (χ1n) is 4.83. The predicted octanol–water partition coefficient (Wildman–Crippen LogP) is 0.00210. The van der Waals surface area contributed by atoms with Crippen LogP contribution in [0.5, 0.6) is 0 Å². The minimum Gasteiger partial charge on any atom is -0.330 e. The van der Waals surface area contributed by atoms with Crippen molar-refractivity contribution >= 4 is 15.5 Å². The fourth-order valence-electron chi connectivity index (χ4n) is 1.25. The van der Waals surface area contributed by atoms with Crippen molar-refractivity contribution in [2.45, 2.75) is 16.7 Å². The van der Waals surface area contributed by atoms with Gasteiger partial charge < -0.3 is 11.5 Å². The number of rotatable bonds is 5. The van der Waals surface area contributed by atoms with Gasteiger partial charge in [-0.1, -0.05) is 0 Å². The highest BCUT2D eigenvalue weighted by Crippen LogP contribution is 2.19. The average Bonchev–Trinajstić information content (AvgIpc) is 2.29. The number of benzene rings is 1. The van der Waals surface area contributed by atoms with Gasteiger partial charge in [0.2, 0.25) is 0 Å². The molecule has 0 spiro atoms. The number of nitro groups is 1. The predicted molar refractivity (Wildman–Crippen MR) is 61.9 cm³/mol. The summed E-state index contributed by atoms with van der Waals surface area (Å²) in [7, 11) is -3.67. The minimum atomic E-state index is -3.67. The maximum Gasteiger partial charge on any atom is 0.269 e. The Morgan fingerprint density at radius 2 is 1.82 bits per heavy atom. The van der Waals surface area contributed by atoms with Gasteiger partial charge in [0.15, 0.2) is 9.84 Å². The van der Waals surface area contributed by atoms with Crippen molar-refractivity contribution < 1.29 is 13.3 Å². The van der Waals surface area contributed by atoms with E-state index in [0.29, 0.717) is 0 Å². The molecule has 0 fully saturated rings. The van der Waals surface area contributed by atoms with E-state index in [4.69, 9.17) is 11.5 Å². The monoisotopic (exact) mass is 259 g/mol. The van der Waals surface area contributed by atoms with Crippen LogP contribution in [0.4, 0.5) is 5.69 Å². The van der Waals surface area contributed by atoms with E-state index in [1.807, 2.05) is 0 Å². The summed E-state index contributed by atoms with van der Waals surface area (Å²) >= 11 is 0. The Kier molecular flexibility index (Phi) is 4.16. The van der Waals surface area contributed by atoms with Crippen LogP contribution < -0.4 is 11.5 Å². The van der Waals surface area contributed by atoms with Gasteiger partial charge >= 0.3 is 0 Å². The van der Waals surface area contributed by atoms with Gasteiger partial charge in [-0.05, 0) is 25.1 Å². The number of non-ortho nitro benzene ring substituents is 1. The molecule has 0 saturated heterocycles. The van der Waals surface area contributed by atoms with Gasteiger partial charge in [0, 0.05) is 12.1 Å². The lowest BCUT2D eigenvalue weighted by Gasteiger charge is -2.11. The first-order chi connectivity index (χ1) is 7.89. The van der Waals surface area contributed by atoms with Gasteiger partial charge in [-0.3, -0.25) is 10.1 Å². The van der Waals surface area contributed by atoms with Crippen molar-refractivity contribution in [3.05, 3.63) is 34.4 Å². The second-order valence-electron chi connectivity index (χ2n) is 3.41. The Bertz CT molecular complexity index is 497. The Morgan fingerprint density at radius 1 is 1.29 bits per heavy atom. The molecule has 0 aliphatic rings. The third-order valence-electron chi connectivity index (χ3n) is 2.23. The van der Waals surface area contributed by atoms with Crippen molar-refractivity contribution in [3.8, 4) is 0 Å². The molecule has 0 amide bonds. The molecule has 1 aromatic rings. The molecular weight excluding hydrogens is 246 g/mol. The minimum absolute atomic E-state index is 0.0379. The zero-order valence-corrected chi connectivity index (χ0v) is 9.76. The Morgan fingerprint density at radius 3 is 2.24 bits per heavy atom. The molecule has 0 heterocycles. The number of nitrogens with two attached hydrogens (primary N) is 2. The molecule has 0 bridgehead atoms.